The first kappa shape index (κ1) is 18.4. The highest BCUT2D eigenvalue weighted by molar-refractivity contribution is 7.99. The van der Waals surface area contributed by atoms with Gasteiger partial charge in [0.1, 0.15) is 12.9 Å². The number of rotatable bonds is 7. The zero-order chi connectivity index (χ0) is 16.4. The Balaban J connectivity index is 2.40. The van der Waals surface area contributed by atoms with E-state index in [-0.39, 0.29) is 11.1 Å². The molecule has 0 aliphatic heterocycles. The number of aromatic nitrogens is 3. The highest BCUT2D eigenvalue weighted by atomic mass is 32.2. The van der Waals surface area contributed by atoms with Crippen molar-refractivity contribution in [1.82, 2.24) is 20.3 Å². The van der Waals surface area contributed by atoms with Crippen molar-refractivity contribution in [2.24, 2.45) is 0 Å². The van der Waals surface area contributed by atoms with Crippen LogP contribution in [0, 0.1) is 11.3 Å². The first-order valence-corrected chi connectivity index (χ1v) is 7.60. The summed E-state index contributed by atoms with van der Waals surface area (Å²) in [6.45, 7) is -1.23. The summed E-state index contributed by atoms with van der Waals surface area (Å²) in [4.78, 5) is 11.8. The molecule has 0 fully saturated rings. The minimum atomic E-state index is -4.35. The predicted molar refractivity (Wildman–Crippen MR) is 80.3 cm³/mol. The maximum Gasteiger partial charge on any atom is 0.405 e. The largest absolute Gasteiger partial charge is 0.405 e. The third-order valence-electron chi connectivity index (χ3n) is 2.14. The van der Waals surface area contributed by atoms with Crippen LogP contribution in [0.25, 0.3) is 0 Å². The lowest BCUT2D eigenvalue weighted by Gasteiger charge is -2.11. The van der Waals surface area contributed by atoms with Gasteiger partial charge < -0.3 is 10.6 Å². The van der Waals surface area contributed by atoms with Crippen molar-refractivity contribution in [1.29, 1.82) is 5.26 Å². The van der Waals surface area contributed by atoms with Gasteiger partial charge >= 0.3 is 6.18 Å². The molecule has 1 rings (SSSR count). The Hall–Kier alpha value is -1.67. The van der Waals surface area contributed by atoms with Crippen molar-refractivity contribution in [2.75, 3.05) is 17.6 Å². The highest BCUT2D eigenvalue weighted by Crippen LogP contribution is 2.15. The van der Waals surface area contributed by atoms with E-state index in [0.29, 0.717) is 11.6 Å². The van der Waals surface area contributed by atoms with Gasteiger partial charge in [0, 0.05) is 12.2 Å². The minimum Gasteiger partial charge on any atom is -0.353 e. The van der Waals surface area contributed by atoms with Crippen LogP contribution in [0.2, 0.25) is 0 Å². The van der Waals surface area contributed by atoms with Crippen molar-refractivity contribution in [3.8, 4) is 6.07 Å². The van der Waals surface area contributed by atoms with Crippen molar-refractivity contribution < 1.29 is 13.2 Å². The average Bonchev–Trinajstić information content (AvgIpc) is 2.45. The summed E-state index contributed by atoms with van der Waals surface area (Å²) in [6.07, 6.45) is -0.957. The second kappa shape index (κ2) is 9.37. The standard InChI is InChI=1S/C11H13F3N6S2/c12-11(13,14)6-16-9(21)19-8-17-7-18-10(20-8)22-5-3-1-2-4-15/h7H,1-3,5-6H2,(H2,16,17,18,19,20,21). The number of nitriles is 1. The molecule has 0 aromatic carbocycles. The third kappa shape index (κ3) is 8.58. The molecule has 0 bridgehead atoms. The van der Waals surface area contributed by atoms with Gasteiger partial charge in [0.25, 0.3) is 0 Å². The molecule has 0 atom stereocenters. The fraction of sp³-hybridized carbons (Fsp3) is 0.545. The molecule has 1 aromatic rings. The fourth-order valence-electron chi connectivity index (χ4n) is 1.21. The molecule has 0 unspecified atom stereocenters. The van der Waals surface area contributed by atoms with E-state index < -0.39 is 12.7 Å². The van der Waals surface area contributed by atoms with Crippen LogP contribution in [0.1, 0.15) is 19.3 Å². The second-order valence-electron chi connectivity index (χ2n) is 3.98. The highest BCUT2D eigenvalue weighted by Gasteiger charge is 2.27. The van der Waals surface area contributed by atoms with Crippen molar-refractivity contribution in [2.45, 2.75) is 30.6 Å². The Morgan fingerprint density at radius 1 is 1.36 bits per heavy atom. The number of alkyl halides is 3. The smallest absolute Gasteiger partial charge is 0.353 e. The molecule has 0 spiro atoms. The van der Waals surface area contributed by atoms with Crippen LogP contribution >= 0.6 is 24.0 Å². The summed E-state index contributed by atoms with van der Waals surface area (Å²) in [5.74, 6) is 0.816. The second-order valence-corrected chi connectivity index (χ2v) is 5.45. The van der Waals surface area contributed by atoms with E-state index in [1.54, 1.807) is 0 Å². The van der Waals surface area contributed by atoms with E-state index in [4.69, 9.17) is 17.5 Å². The summed E-state index contributed by atoms with van der Waals surface area (Å²) in [5, 5.41) is 13.1. The molecule has 22 heavy (non-hydrogen) atoms. The predicted octanol–water partition coefficient (Wildman–Crippen LogP) is 2.51. The Morgan fingerprint density at radius 3 is 2.82 bits per heavy atom. The van der Waals surface area contributed by atoms with Gasteiger partial charge in [0.05, 0.1) is 6.07 Å². The molecule has 120 valence electrons. The Morgan fingerprint density at radius 2 is 2.14 bits per heavy atom. The van der Waals surface area contributed by atoms with E-state index in [1.165, 1.54) is 18.1 Å². The summed E-state index contributed by atoms with van der Waals surface area (Å²) in [7, 11) is 0. The van der Waals surface area contributed by atoms with E-state index in [0.717, 1.165) is 18.6 Å². The van der Waals surface area contributed by atoms with Gasteiger partial charge in [-0.3, -0.25) is 0 Å². The molecular formula is C11H13F3N6S2. The number of thiocarbonyl (C=S) groups is 1. The van der Waals surface area contributed by atoms with Crippen LogP contribution in [-0.2, 0) is 0 Å². The van der Waals surface area contributed by atoms with Crippen molar-refractivity contribution >= 4 is 35.0 Å². The molecule has 1 aromatic heterocycles. The SMILES string of the molecule is N#CCCCCSc1ncnc(NC(=S)NCC(F)(F)F)n1. The van der Waals surface area contributed by atoms with Gasteiger partial charge in [-0.05, 0) is 25.1 Å². The molecule has 0 aliphatic carbocycles. The quantitative estimate of drug-likeness (QED) is 0.441. The minimum absolute atomic E-state index is 0.0780. The fourth-order valence-corrected chi connectivity index (χ4v) is 2.17. The van der Waals surface area contributed by atoms with Crippen LogP contribution in [0.5, 0.6) is 0 Å². The monoisotopic (exact) mass is 350 g/mol. The third-order valence-corrected chi connectivity index (χ3v) is 3.33. The molecule has 6 nitrogen and oxygen atoms in total. The van der Waals surface area contributed by atoms with Crippen LogP contribution in [0.4, 0.5) is 19.1 Å². The van der Waals surface area contributed by atoms with Crippen LogP contribution in [0.15, 0.2) is 11.5 Å². The summed E-state index contributed by atoms with van der Waals surface area (Å²) >= 11 is 6.10. The van der Waals surface area contributed by atoms with Gasteiger partial charge in [0.15, 0.2) is 10.3 Å². The molecular weight excluding hydrogens is 337 g/mol. The van der Waals surface area contributed by atoms with Crippen LogP contribution in [0.3, 0.4) is 0 Å². The number of hydrogen-bond acceptors (Lipinski definition) is 6. The molecule has 0 aliphatic rings. The lowest BCUT2D eigenvalue weighted by Crippen LogP contribution is -2.36. The first-order valence-electron chi connectivity index (χ1n) is 6.21. The molecule has 0 amide bonds. The van der Waals surface area contributed by atoms with Crippen LogP contribution < -0.4 is 10.6 Å². The molecule has 11 heteroatoms. The zero-order valence-electron chi connectivity index (χ0n) is 11.4. The van der Waals surface area contributed by atoms with Crippen LogP contribution in [-0.4, -0.2) is 38.5 Å². The maximum absolute atomic E-state index is 12.0. The normalized spacial score (nSPS) is 10.8. The number of hydrogen-bond donors (Lipinski definition) is 2. The van der Waals surface area contributed by atoms with Gasteiger partial charge in [-0.15, -0.1) is 0 Å². The van der Waals surface area contributed by atoms with Crippen molar-refractivity contribution in [3.05, 3.63) is 6.33 Å². The van der Waals surface area contributed by atoms with E-state index >= 15 is 0 Å². The molecule has 2 N–H and O–H groups in total. The zero-order valence-corrected chi connectivity index (χ0v) is 13.0. The number of halogens is 3. The summed E-state index contributed by atoms with van der Waals surface area (Å²) in [6, 6.07) is 2.06. The van der Waals surface area contributed by atoms with E-state index in [9.17, 15) is 13.2 Å². The topological polar surface area (TPSA) is 86.5 Å². The summed E-state index contributed by atoms with van der Waals surface area (Å²) in [5.41, 5.74) is 0. The van der Waals surface area contributed by atoms with Gasteiger partial charge in [-0.25, -0.2) is 9.97 Å². The van der Waals surface area contributed by atoms with Crippen molar-refractivity contribution in [3.63, 3.8) is 0 Å². The average molecular weight is 350 g/mol. The Bertz CT molecular complexity index is 531. The van der Waals surface area contributed by atoms with Gasteiger partial charge in [-0.1, -0.05) is 11.8 Å². The molecule has 0 radical (unpaired) electrons. The molecule has 0 saturated carbocycles. The first-order chi connectivity index (χ1) is 10.4. The number of thioether (sulfide) groups is 1. The summed E-state index contributed by atoms with van der Waals surface area (Å²) < 4.78 is 36.1. The lowest BCUT2D eigenvalue weighted by atomic mass is 10.3. The van der Waals surface area contributed by atoms with E-state index in [2.05, 4.69) is 26.3 Å². The Kier molecular flexibility index (Phi) is 7.83. The van der Waals surface area contributed by atoms with Gasteiger partial charge in [0.2, 0.25) is 5.95 Å². The maximum atomic E-state index is 12.0. The van der Waals surface area contributed by atoms with E-state index in [1.807, 2.05) is 5.32 Å². The Labute approximate surface area is 134 Å². The number of nitrogens with one attached hydrogen (secondary N) is 2. The number of unbranched alkanes of at least 4 members (excludes halogenated alkanes) is 2. The molecule has 1 heterocycles. The van der Waals surface area contributed by atoms with Gasteiger partial charge in [-0.2, -0.15) is 23.4 Å². The molecule has 0 saturated heterocycles. The lowest BCUT2D eigenvalue weighted by molar-refractivity contribution is -0.121. The number of anilines is 1. The number of nitrogens with zero attached hydrogens (tertiary/aromatic N) is 4.